The normalized spacial score (nSPS) is 10.5. The van der Waals surface area contributed by atoms with E-state index in [0.717, 1.165) is 11.3 Å². The van der Waals surface area contributed by atoms with Gasteiger partial charge in [0, 0.05) is 17.8 Å². The Morgan fingerprint density at radius 3 is 2.44 bits per heavy atom. The zero-order valence-electron chi connectivity index (χ0n) is 18.2. The SMILES string of the molecule is COc1ccc(CNC(=O)Cn2nnc(-c3ccc(NC(=O)c4ccccc4Cl)cc3)n2)cc1. The Bertz CT molecular complexity index is 1290. The molecule has 0 radical (unpaired) electrons. The Morgan fingerprint density at radius 1 is 1.00 bits per heavy atom. The van der Waals surface area contributed by atoms with Crippen molar-refractivity contribution in [2.75, 3.05) is 12.4 Å². The number of ether oxygens (including phenoxy) is 1. The summed E-state index contributed by atoms with van der Waals surface area (Å²) >= 11 is 6.07. The fourth-order valence-corrected chi connectivity index (χ4v) is 3.32. The van der Waals surface area contributed by atoms with Gasteiger partial charge in [-0.2, -0.15) is 4.80 Å². The maximum atomic E-state index is 12.4. The standard InChI is InChI=1S/C24H21ClN6O3/c1-34-19-12-6-16(7-13-19)14-26-22(32)15-31-29-23(28-30-31)17-8-10-18(11-9-17)27-24(33)20-4-2-3-5-21(20)25/h2-13H,14-15H2,1H3,(H,26,32)(H,27,33). The summed E-state index contributed by atoms with van der Waals surface area (Å²) in [5, 5.41) is 18.2. The number of carbonyl (C=O) groups is 2. The molecule has 9 nitrogen and oxygen atoms in total. The minimum Gasteiger partial charge on any atom is -0.497 e. The highest BCUT2D eigenvalue weighted by Gasteiger charge is 2.12. The van der Waals surface area contributed by atoms with E-state index in [9.17, 15) is 9.59 Å². The molecule has 2 amide bonds. The van der Waals surface area contributed by atoms with Crippen molar-refractivity contribution in [3.05, 3.63) is 88.9 Å². The van der Waals surface area contributed by atoms with Gasteiger partial charge in [0.15, 0.2) is 0 Å². The van der Waals surface area contributed by atoms with Gasteiger partial charge >= 0.3 is 0 Å². The van der Waals surface area contributed by atoms with E-state index >= 15 is 0 Å². The van der Waals surface area contributed by atoms with Crippen molar-refractivity contribution in [3.63, 3.8) is 0 Å². The molecule has 0 aliphatic heterocycles. The molecule has 0 fully saturated rings. The zero-order valence-corrected chi connectivity index (χ0v) is 19.0. The van der Waals surface area contributed by atoms with Gasteiger partial charge in [-0.1, -0.05) is 35.9 Å². The lowest BCUT2D eigenvalue weighted by Gasteiger charge is -2.07. The number of tetrazole rings is 1. The third-order valence-corrected chi connectivity index (χ3v) is 5.24. The summed E-state index contributed by atoms with van der Waals surface area (Å²) in [4.78, 5) is 25.8. The summed E-state index contributed by atoms with van der Waals surface area (Å²) in [6, 6.07) is 21.2. The molecule has 4 rings (SSSR count). The van der Waals surface area contributed by atoms with Crippen LogP contribution in [-0.2, 0) is 17.9 Å². The molecule has 0 unspecified atom stereocenters. The van der Waals surface area contributed by atoms with Gasteiger partial charge < -0.3 is 15.4 Å². The summed E-state index contributed by atoms with van der Waals surface area (Å²) in [6.07, 6.45) is 0. The number of hydrogen-bond acceptors (Lipinski definition) is 6. The molecule has 1 aromatic heterocycles. The molecule has 0 bridgehead atoms. The predicted molar refractivity (Wildman–Crippen MR) is 127 cm³/mol. The number of carbonyl (C=O) groups excluding carboxylic acids is 2. The van der Waals surface area contributed by atoms with E-state index in [1.54, 1.807) is 55.6 Å². The number of aromatic nitrogens is 4. The molecular formula is C24H21ClN6O3. The number of anilines is 1. The first kappa shape index (κ1) is 22.9. The van der Waals surface area contributed by atoms with Crippen LogP contribution in [0.1, 0.15) is 15.9 Å². The fraction of sp³-hybridized carbons (Fsp3) is 0.125. The quantitative estimate of drug-likeness (QED) is 0.402. The second kappa shape index (κ2) is 10.6. The third-order valence-electron chi connectivity index (χ3n) is 4.91. The molecule has 0 saturated heterocycles. The number of methoxy groups -OCH3 is 1. The Morgan fingerprint density at radius 2 is 1.74 bits per heavy atom. The largest absolute Gasteiger partial charge is 0.497 e. The van der Waals surface area contributed by atoms with Gasteiger partial charge in [-0.3, -0.25) is 9.59 Å². The highest BCUT2D eigenvalue weighted by molar-refractivity contribution is 6.34. The molecule has 3 aromatic carbocycles. The van der Waals surface area contributed by atoms with E-state index in [4.69, 9.17) is 16.3 Å². The van der Waals surface area contributed by atoms with Crippen LogP contribution in [0.5, 0.6) is 5.75 Å². The minimum absolute atomic E-state index is 0.0604. The van der Waals surface area contributed by atoms with Crippen molar-refractivity contribution in [2.24, 2.45) is 0 Å². The van der Waals surface area contributed by atoms with Crippen molar-refractivity contribution in [3.8, 4) is 17.1 Å². The monoisotopic (exact) mass is 476 g/mol. The first-order valence-electron chi connectivity index (χ1n) is 10.4. The molecule has 4 aromatic rings. The molecule has 0 aliphatic carbocycles. The van der Waals surface area contributed by atoms with Crippen LogP contribution in [0.3, 0.4) is 0 Å². The zero-order chi connectivity index (χ0) is 23.9. The average Bonchev–Trinajstić information content (AvgIpc) is 3.32. The predicted octanol–water partition coefficient (Wildman–Crippen LogP) is 3.57. The second-order valence-corrected chi connectivity index (χ2v) is 7.69. The highest BCUT2D eigenvalue weighted by atomic mass is 35.5. The van der Waals surface area contributed by atoms with Gasteiger partial charge in [-0.25, -0.2) is 0 Å². The van der Waals surface area contributed by atoms with Gasteiger partial charge in [0.25, 0.3) is 5.91 Å². The van der Waals surface area contributed by atoms with E-state index in [1.807, 2.05) is 24.3 Å². The number of benzene rings is 3. The maximum Gasteiger partial charge on any atom is 0.257 e. The number of amides is 2. The van der Waals surface area contributed by atoms with Crippen LogP contribution in [0.15, 0.2) is 72.8 Å². The van der Waals surface area contributed by atoms with Crippen LogP contribution in [-0.4, -0.2) is 39.1 Å². The minimum atomic E-state index is -0.303. The van der Waals surface area contributed by atoms with Crippen LogP contribution < -0.4 is 15.4 Å². The maximum absolute atomic E-state index is 12.4. The van der Waals surface area contributed by atoms with Crippen LogP contribution in [0.2, 0.25) is 5.02 Å². The van der Waals surface area contributed by atoms with Gasteiger partial charge in [0.05, 0.1) is 17.7 Å². The van der Waals surface area contributed by atoms with Gasteiger partial charge in [0.2, 0.25) is 11.7 Å². The van der Waals surface area contributed by atoms with Crippen LogP contribution in [0.4, 0.5) is 5.69 Å². The summed E-state index contributed by atoms with van der Waals surface area (Å²) < 4.78 is 5.12. The van der Waals surface area contributed by atoms with Gasteiger partial charge in [-0.15, -0.1) is 10.2 Å². The number of rotatable bonds is 8. The lowest BCUT2D eigenvalue weighted by Crippen LogP contribution is -2.28. The van der Waals surface area contributed by atoms with Gasteiger partial charge in [-0.05, 0) is 59.3 Å². The topological polar surface area (TPSA) is 111 Å². The average molecular weight is 477 g/mol. The molecule has 0 atom stereocenters. The molecule has 1 heterocycles. The third kappa shape index (κ3) is 5.76. The van der Waals surface area contributed by atoms with Crippen molar-refractivity contribution in [2.45, 2.75) is 13.1 Å². The summed E-state index contributed by atoms with van der Waals surface area (Å²) in [6.45, 7) is 0.320. The van der Waals surface area contributed by atoms with Crippen LogP contribution in [0.25, 0.3) is 11.4 Å². The second-order valence-electron chi connectivity index (χ2n) is 7.28. The molecule has 0 saturated carbocycles. The lowest BCUT2D eigenvalue weighted by molar-refractivity contribution is -0.122. The first-order chi connectivity index (χ1) is 16.5. The van der Waals surface area contributed by atoms with E-state index in [2.05, 4.69) is 26.0 Å². The number of hydrogen-bond donors (Lipinski definition) is 2. The molecule has 172 valence electrons. The van der Waals surface area contributed by atoms with Crippen molar-refractivity contribution in [1.82, 2.24) is 25.5 Å². The fourth-order valence-electron chi connectivity index (χ4n) is 3.10. The number of halogens is 1. The Balaban J connectivity index is 1.32. The number of nitrogens with one attached hydrogen (secondary N) is 2. The lowest BCUT2D eigenvalue weighted by atomic mass is 10.1. The summed E-state index contributed by atoms with van der Waals surface area (Å²) in [7, 11) is 1.60. The van der Waals surface area contributed by atoms with E-state index in [0.29, 0.717) is 34.2 Å². The van der Waals surface area contributed by atoms with Crippen molar-refractivity contribution < 1.29 is 14.3 Å². The smallest absolute Gasteiger partial charge is 0.257 e. The summed E-state index contributed by atoms with van der Waals surface area (Å²) in [5.41, 5.74) is 2.63. The summed E-state index contributed by atoms with van der Waals surface area (Å²) in [5.74, 6) is 0.581. The number of nitrogens with zero attached hydrogens (tertiary/aromatic N) is 4. The Kier molecular flexibility index (Phi) is 7.14. The molecule has 0 spiro atoms. The van der Waals surface area contributed by atoms with Gasteiger partial charge in [0.1, 0.15) is 12.3 Å². The van der Waals surface area contributed by atoms with E-state index in [1.165, 1.54) is 4.80 Å². The van der Waals surface area contributed by atoms with Crippen molar-refractivity contribution >= 4 is 29.1 Å². The van der Waals surface area contributed by atoms with E-state index < -0.39 is 0 Å². The first-order valence-corrected chi connectivity index (χ1v) is 10.7. The highest BCUT2D eigenvalue weighted by Crippen LogP contribution is 2.20. The Hall–Kier alpha value is -4.24. The molecule has 0 aliphatic rings. The molecule has 10 heteroatoms. The molecule has 2 N–H and O–H groups in total. The van der Waals surface area contributed by atoms with Crippen molar-refractivity contribution in [1.29, 1.82) is 0 Å². The van der Waals surface area contributed by atoms with Crippen LogP contribution >= 0.6 is 11.6 Å². The molecular weight excluding hydrogens is 456 g/mol. The van der Waals surface area contributed by atoms with Crippen LogP contribution in [0, 0.1) is 0 Å². The van der Waals surface area contributed by atoms with E-state index in [-0.39, 0.29) is 18.4 Å². The Labute approximate surface area is 200 Å². The molecule has 34 heavy (non-hydrogen) atoms.